The first-order valence-electron chi connectivity index (χ1n) is 7.68. The van der Waals surface area contributed by atoms with Crippen LogP contribution in [0, 0.1) is 0 Å². The quantitative estimate of drug-likeness (QED) is 0.745. The fourth-order valence-corrected chi connectivity index (χ4v) is 3.21. The van der Waals surface area contributed by atoms with Gasteiger partial charge in [-0.05, 0) is 22.4 Å². The van der Waals surface area contributed by atoms with Gasteiger partial charge in [0.15, 0.2) is 5.82 Å². The molecule has 0 bridgehead atoms. The molecule has 0 saturated heterocycles. The van der Waals surface area contributed by atoms with Crippen LogP contribution in [0.25, 0.3) is 10.8 Å². The molecule has 0 radical (unpaired) electrons. The van der Waals surface area contributed by atoms with E-state index in [9.17, 15) is 4.79 Å². The highest BCUT2D eigenvalue weighted by Crippen LogP contribution is 2.39. The zero-order chi connectivity index (χ0) is 16.8. The number of aromatic nitrogens is 2. The number of likely N-dealkylation sites (N-methyl/N-ethyl adjacent to an activating group) is 2. The van der Waals surface area contributed by atoms with Gasteiger partial charge < -0.3 is 15.5 Å². The Hall–Kier alpha value is -3.15. The van der Waals surface area contributed by atoms with Crippen molar-refractivity contribution >= 4 is 34.1 Å². The number of carbonyl (C=O) groups excluding carboxylic acids is 1. The predicted molar refractivity (Wildman–Crippen MR) is 94.9 cm³/mol. The minimum atomic E-state index is -0.443. The predicted octanol–water partition coefficient (Wildman–Crippen LogP) is 2.37. The zero-order valence-corrected chi connectivity index (χ0v) is 13.5. The van der Waals surface area contributed by atoms with Gasteiger partial charge in [0.25, 0.3) is 5.91 Å². The molecule has 6 nitrogen and oxygen atoms in total. The van der Waals surface area contributed by atoms with E-state index in [-0.39, 0.29) is 11.9 Å². The highest BCUT2D eigenvalue weighted by Gasteiger charge is 2.37. The Morgan fingerprint density at radius 1 is 1.08 bits per heavy atom. The Morgan fingerprint density at radius 2 is 1.83 bits per heavy atom. The number of rotatable bonds is 1. The maximum absolute atomic E-state index is 12.9. The Kier molecular flexibility index (Phi) is 3.13. The summed E-state index contributed by atoms with van der Waals surface area (Å²) in [6, 6.07) is 13.7. The molecule has 3 aromatic rings. The largest absolute Gasteiger partial charge is 0.368 e. The van der Waals surface area contributed by atoms with E-state index < -0.39 is 6.04 Å². The molecule has 0 spiro atoms. The van der Waals surface area contributed by atoms with Crippen LogP contribution in [0.2, 0.25) is 0 Å². The van der Waals surface area contributed by atoms with Crippen molar-refractivity contribution < 1.29 is 4.79 Å². The van der Waals surface area contributed by atoms with Crippen LogP contribution in [0.15, 0.2) is 48.7 Å². The Balaban J connectivity index is 1.86. The van der Waals surface area contributed by atoms with Crippen molar-refractivity contribution in [1.82, 2.24) is 9.97 Å². The smallest absolute Gasteiger partial charge is 0.254 e. The summed E-state index contributed by atoms with van der Waals surface area (Å²) >= 11 is 0. The molecule has 2 heterocycles. The van der Waals surface area contributed by atoms with Gasteiger partial charge in [0, 0.05) is 14.1 Å². The van der Waals surface area contributed by atoms with E-state index >= 15 is 0 Å². The van der Waals surface area contributed by atoms with Crippen LogP contribution >= 0.6 is 0 Å². The van der Waals surface area contributed by atoms with E-state index in [1.807, 2.05) is 42.3 Å². The summed E-state index contributed by atoms with van der Waals surface area (Å²) in [5, 5.41) is 2.25. The number of carbonyl (C=O) groups is 1. The average Bonchev–Trinajstić information content (AvgIpc) is 2.60. The van der Waals surface area contributed by atoms with Gasteiger partial charge in [0.2, 0.25) is 5.95 Å². The van der Waals surface area contributed by atoms with E-state index in [4.69, 9.17) is 5.73 Å². The van der Waals surface area contributed by atoms with Crippen LogP contribution in [0.4, 0.5) is 17.5 Å². The first kappa shape index (κ1) is 14.4. The molecule has 0 saturated carbocycles. The van der Waals surface area contributed by atoms with Crippen LogP contribution in [0.3, 0.4) is 0 Å². The molecule has 1 aromatic heterocycles. The van der Waals surface area contributed by atoms with Crippen LogP contribution in [0.5, 0.6) is 0 Å². The number of nitrogen functional groups attached to an aromatic ring is 1. The van der Waals surface area contributed by atoms with E-state index in [1.54, 1.807) is 18.1 Å². The van der Waals surface area contributed by atoms with Gasteiger partial charge in [0.05, 0.1) is 6.20 Å². The molecule has 120 valence electrons. The van der Waals surface area contributed by atoms with E-state index in [1.165, 1.54) is 0 Å². The van der Waals surface area contributed by atoms with Crippen LogP contribution in [-0.4, -0.2) is 30.0 Å². The molecular formula is C18H17N5O. The second kappa shape index (κ2) is 5.19. The van der Waals surface area contributed by atoms with Crippen LogP contribution < -0.4 is 15.5 Å². The minimum Gasteiger partial charge on any atom is -0.368 e. The third-order valence-corrected chi connectivity index (χ3v) is 4.51. The highest BCUT2D eigenvalue weighted by atomic mass is 16.2. The minimum absolute atomic E-state index is 0.0198. The van der Waals surface area contributed by atoms with E-state index in [0.29, 0.717) is 11.5 Å². The summed E-state index contributed by atoms with van der Waals surface area (Å²) in [5.74, 6) is 0.831. The van der Waals surface area contributed by atoms with Crippen molar-refractivity contribution in [2.75, 3.05) is 29.6 Å². The topological polar surface area (TPSA) is 75.4 Å². The molecular weight excluding hydrogens is 302 g/mol. The molecule has 1 aliphatic heterocycles. The third kappa shape index (κ3) is 2.07. The Bertz CT molecular complexity index is 955. The summed E-state index contributed by atoms with van der Waals surface area (Å²) in [5.41, 5.74) is 7.32. The van der Waals surface area contributed by atoms with Crippen molar-refractivity contribution in [3.8, 4) is 0 Å². The number of benzene rings is 2. The number of anilines is 3. The highest BCUT2D eigenvalue weighted by molar-refractivity contribution is 6.05. The molecule has 1 aliphatic rings. The third-order valence-electron chi connectivity index (χ3n) is 4.51. The summed E-state index contributed by atoms with van der Waals surface area (Å²) in [4.78, 5) is 24.7. The lowest BCUT2D eigenvalue weighted by molar-refractivity contribution is -0.120. The van der Waals surface area contributed by atoms with Crippen LogP contribution in [-0.2, 0) is 4.79 Å². The first-order valence-corrected chi connectivity index (χ1v) is 7.68. The molecule has 2 N–H and O–H groups in total. The summed E-state index contributed by atoms with van der Waals surface area (Å²) < 4.78 is 0. The molecule has 1 atom stereocenters. The number of nitrogens with zero attached hydrogens (tertiary/aromatic N) is 4. The normalized spacial score (nSPS) is 17.2. The maximum Gasteiger partial charge on any atom is 0.254 e. The summed E-state index contributed by atoms with van der Waals surface area (Å²) in [7, 11) is 3.60. The van der Waals surface area contributed by atoms with Gasteiger partial charge in [-0.3, -0.25) is 4.79 Å². The second-order valence-corrected chi connectivity index (χ2v) is 5.95. The van der Waals surface area contributed by atoms with Crippen molar-refractivity contribution in [2.45, 2.75) is 6.04 Å². The van der Waals surface area contributed by atoms with Gasteiger partial charge in [0.1, 0.15) is 11.7 Å². The van der Waals surface area contributed by atoms with E-state index in [0.717, 1.165) is 16.3 Å². The first-order chi connectivity index (χ1) is 11.6. The molecule has 4 rings (SSSR count). The fourth-order valence-electron chi connectivity index (χ4n) is 3.21. The fraction of sp³-hybridized carbons (Fsp3) is 0.167. The lowest BCUT2D eigenvalue weighted by Gasteiger charge is -2.38. The van der Waals surface area contributed by atoms with Crippen molar-refractivity contribution in [2.24, 2.45) is 0 Å². The van der Waals surface area contributed by atoms with E-state index in [2.05, 4.69) is 22.1 Å². The molecule has 0 aliphatic carbocycles. The molecule has 1 amide bonds. The number of amides is 1. The number of hydrogen-bond donors (Lipinski definition) is 1. The Labute approximate surface area is 139 Å². The average molecular weight is 319 g/mol. The summed E-state index contributed by atoms with van der Waals surface area (Å²) in [6.45, 7) is 0. The zero-order valence-electron chi connectivity index (χ0n) is 13.5. The standard InChI is InChI=1S/C18H17N5O/c1-22-14-10-20-18(19)21-16(14)23(2)15(17(22)24)13-8-7-11-5-3-4-6-12(11)9-13/h3-10,15H,1-2H3,(H2,19,20,21). The SMILES string of the molecule is CN1C(=O)C(c2ccc3ccccc3c2)N(C)c2nc(N)ncc21. The number of hydrogen-bond acceptors (Lipinski definition) is 5. The van der Waals surface area contributed by atoms with Crippen molar-refractivity contribution in [3.63, 3.8) is 0 Å². The Morgan fingerprint density at radius 3 is 2.62 bits per heavy atom. The van der Waals surface area contributed by atoms with Gasteiger partial charge in [-0.1, -0.05) is 36.4 Å². The molecule has 0 fully saturated rings. The maximum atomic E-state index is 12.9. The van der Waals surface area contributed by atoms with Crippen LogP contribution in [0.1, 0.15) is 11.6 Å². The molecule has 6 heteroatoms. The monoisotopic (exact) mass is 319 g/mol. The number of fused-ring (bicyclic) bond motifs is 2. The van der Waals surface area contributed by atoms with Crippen molar-refractivity contribution in [3.05, 3.63) is 54.2 Å². The second-order valence-electron chi connectivity index (χ2n) is 5.95. The number of nitrogens with two attached hydrogens (primary N) is 1. The van der Waals surface area contributed by atoms with Gasteiger partial charge in [-0.15, -0.1) is 0 Å². The summed E-state index contributed by atoms with van der Waals surface area (Å²) in [6.07, 6.45) is 1.59. The van der Waals surface area contributed by atoms with Gasteiger partial charge >= 0.3 is 0 Å². The lowest BCUT2D eigenvalue weighted by Crippen LogP contribution is -2.45. The molecule has 24 heavy (non-hydrogen) atoms. The van der Waals surface area contributed by atoms with Gasteiger partial charge in [-0.2, -0.15) is 4.98 Å². The van der Waals surface area contributed by atoms with Crippen molar-refractivity contribution in [1.29, 1.82) is 0 Å². The molecule has 2 aromatic carbocycles. The van der Waals surface area contributed by atoms with Gasteiger partial charge in [-0.25, -0.2) is 4.98 Å². The lowest BCUT2D eigenvalue weighted by atomic mass is 9.98. The molecule has 1 unspecified atom stereocenters.